The van der Waals surface area contributed by atoms with E-state index in [1.165, 1.54) is 0 Å². The van der Waals surface area contributed by atoms with Crippen LogP contribution in [0.25, 0.3) is 10.9 Å². The first-order chi connectivity index (χ1) is 9.20. The van der Waals surface area contributed by atoms with Crippen LogP contribution in [0.4, 0.5) is 0 Å². The lowest BCUT2D eigenvalue weighted by molar-refractivity contribution is -0.137. The molecule has 0 radical (unpaired) electrons. The number of aliphatic carboxylic acids is 1. The SMILES string of the molecule is O=CNC(CCC(=O)O)Cc1cccc2[nH]ccc12. The Labute approximate surface area is 110 Å². The molecule has 1 aromatic heterocycles. The molecule has 1 atom stereocenters. The Morgan fingerprint density at radius 2 is 2.26 bits per heavy atom. The molecule has 0 spiro atoms. The van der Waals surface area contributed by atoms with Gasteiger partial charge in [-0.1, -0.05) is 12.1 Å². The lowest BCUT2D eigenvalue weighted by atomic mass is 9.99. The maximum Gasteiger partial charge on any atom is 0.303 e. The molecule has 0 bridgehead atoms. The molecular weight excluding hydrogens is 244 g/mol. The van der Waals surface area contributed by atoms with Crippen LogP contribution in [0.3, 0.4) is 0 Å². The highest BCUT2D eigenvalue weighted by atomic mass is 16.4. The standard InChI is InChI=1S/C14H16N2O3/c17-9-16-11(4-5-14(18)19)8-10-2-1-3-13-12(10)6-7-15-13/h1-3,6-7,9,11,15H,4-5,8H2,(H,16,17)(H,18,19). The van der Waals surface area contributed by atoms with Crippen LogP contribution in [0.2, 0.25) is 0 Å². The minimum atomic E-state index is -0.849. The topological polar surface area (TPSA) is 82.2 Å². The summed E-state index contributed by atoms with van der Waals surface area (Å²) in [6, 6.07) is 7.76. The fraction of sp³-hybridized carbons (Fsp3) is 0.286. The van der Waals surface area contributed by atoms with Crippen LogP contribution in [-0.2, 0) is 16.0 Å². The molecule has 19 heavy (non-hydrogen) atoms. The van der Waals surface area contributed by atoms with E-state index in [0.717, 1.165) is 16.5 Å². The van der Waals surface area contributed by atoms with Gasteiger partial charge < -0.3 is 15.4 Å². The van der Waals surface area contributed by atoms with E-state index in [0.29, 0.717) is 19.3 Å². The van der Waals surface area contributed by atoms with Gasteiger partial charge in [0.05, 0.1) is 0 Å². The second-order valence-corrected chi connectivity index (χ2v) is 4.47. The largest absolute Gasteiger partial charge is 0.481 e. The highest BCUT2D eigenvalue weighted by Gasteiger charge is 2.12. The zero-order valence-electron chi connectivity index (χ0n) is 10.4. The maximum absolute atomic E-state index is 10.6. The van der Waals surface area contributed by atoms with Crippen molar-refractivity contribution in [1.29, 1.82) is 0 Å². The van der Waals surface area contributed by atoms with Crippen molar-refractivity contribution in [1.82, 2.24) is 10.3 Å². The van der Waals surface area contributed by atoms with Crippen LogP contribution in [-0.4, -0.2) is 28.5 Å². The third-order valence-corrected chi connectivity index (χ3v) is 3.16. The van der Waals surface area contributed by atoms with E-state index in [1.54, 1.807) is 0 Å². The molecular formula is C14H16N2O3. The van der Waals surface area contributed by atoms with Gasteiger partial charge in [-0.3, -0.25) is 9.59 Å². The Bertz CT molecular complexity index is 577. The number of aromatic nitrogens is 1. The first-order valence-corrected chi connectivity index (χ1v) is 6.17. The summed E-state index contributed by atoms with van der Waals surface area (Å²) in [5.41, 5.74) is 2.14. The van der Waals surface area contributed by atoms with Crippen molar-refractivity contribution < 1.29 is 14.7 Å². The smallest absolute Gasteiger partial charge is 0.303 e. The maximum atomic E-state index is 10.6. The number of carboxylic acid groups (broad SMARTS) is 1. The van der Waals surface area contributed by atoms with Gasteiger partial charge in [-0.2, -0.15) is 0 Å². The van der Waals surface area contributed by atoms with Gasteiger partial charge in [0, 0.05) is 29.6 Å². The number of H-pyrrole nitrogens is 1. The lowest BCUT2D eigenvalue weighted by Crippen LogP contribution is -2.30. The van der Waals surface area contributed by atoms with E-state index in [1.807, 2.05) is 30.5 Å². The van der Waals surface area contributed by atoms with Crippen molar-refractivity contribution in [2.45, 2.75) is 25.3 Å². The van der Waals surface area contributed by atoms with Gasteiger partial charge in [-0.15, -0.1) is 0 Å². The predicted octanol–water partition coefficient (Wildman–Crippen LogP) is 1.69. The number of hydrogen-bond donors (Lipinski definition) is 3. The number of carbonyl (C=O) groups excluding carboxylic acids is 1. The van der Waals surface area contributed by atoms with E-state index < -0.39 is 5.97 Å². The summed E-state index contributed by atoms with van der Waals surface area (Å²) in [5, 5.41) is 12.5. The number of fused-ring (bicyclic) bond motifs is 1. The molecule has 0 saturated heterocycles. The molecule has 100 valence electrons. The van der Waals surface area contributed by atoms with Gasteiger partial charge in [0.15, 0.2) is 0 Å². The van der Waals surface area contributed by atoms with Crippen LogP contribution in [0.15, 0.2) is 30.5 Å². The van der Waals surface area contributed by atoms with Gasteiger partial charge in [0.2, 0.25) is 6.41 Å². The van der Waals surface area contributed by atoms with Gasteiger partial charge >= 0.3 is 5.97 Å². The number of benzene rings is 1. The zero-order chi connectivity index (χ0) is 13.7. The number of amides is 1. The van der Waals surface area contributed by atoms with Crippen molar-refractivity contribution in [3.8, 4) is 0 Å². The van der Waals surface area contributed by atoms with Gasteiger partial charge in [-0.25, -0.2) is 0 Å². The minimum Gasteiger partial charge on any atom is -0.481 e. The number of aromatic amines is 1. The summed E-state index contributed by atoms with van der Waals surface area (Å²) >= 11 is 0. The fourth-order valence-electron chi connectivity index (χ4n) is 2.23. The van der Waals surface area contributed by atoms with E-state index in [2.05, 4.69) is 10.3 Å². The predicted molar refractivity (Wildman–Crippen MR) is 71.9 cm³/mol. The number of carboxylic acids is 1. The van der Waals surface area contributed by atoms with Crippen LogP contribution >= 0.6 is 0 Å². The molecule has 1 unspecified atom stereocenters. The molecule has 1 aromatic carbocycles. The van der Waals surface area contributed by atoms with Crippen LogP contribution in [0.1, 0.15) is 18.4 Å². The third-order valence-electron chi connectivity index (χ3n) is 3.16. The van der Waals surface area contributed by atoms with E-state index in [4.69, 9.17) is 5.11 Å². The van der Waals surface area contributed by atoms with Crippen LogP contribution < -0.4 is 5.32 Å². The molecule has 0 saturated carbocycles. The molecule has 5 nitrogen and oxygen atoms in total. The average molecular weight is 260 g/mol. The molecule has 0 aliphatic heterocycles. The van der Waals surface area contributed by atoms with Crippen molar-refractivity contribution in [3.63, 3.8) is 0 Å². The van der Waals surface area contributed by atoms with E-state index >= 15 is 0 Å². The highest BCUT2D eigenvalue weighted by Crippen LogP contribution is 2.19. The highest BCUT2D eigenvalue weighted by molar-refractivity contribution is 5.83. The average Bonchev–Trinajstić information content (AvgIpc) is 2.85. The normalized spacial score (nSPS) is 12.2. The Balaban J connectivity index is 2.13. The van der Waals surface area contributed by atoms with Gasteiger partial charge in [-0.05, 0) is 30.5 Å². The number of rotatable bonds is 7. The molecule has 0 fully saturated rings. The van der Waals surface area contributed by atoms with E-state index in [-0.39, 0.29) is 12.5 Å². The minimum absolute atomic E-state index is 0.0502. The Kier molecular flexibility index (Phi) is 4.18. The molecule has 0 aliphatic rings. The fourth-order valence-corrected chi connectivity index (χ4v) is 2.23. The van der Waals surface area contributed by atoms with Crippen molar-refractivity contribution in [3.05, 3.63) is 36.0 Å². The molecule has 2 aromatic rings. The summed E-state index contributed by atoms with van der Waals surface area (Å²) in [7, 11) is 0. The quantitative estimate of drug-likeness (QED) is 0.662. The second kappa shape index (κ2) is 6.04. The van der Waals surface area contributed by atoms with E-state index in [9.17, 15) is 9.59 Å². The van der Waals surface area contributed by atoms with Crippen LogP contribution in [0, 0.1) is 0 Å². The van der Waals surface area contributed by atoms with Crippen molar-refractivity contribution >= 4 is 23.3 Å². The molecule has 1 heterocycles. The first kappa shape index (κ1) is 13.1. The molecule has 1 amide bonds. The summed E-state index contributed by atoms with van der Waals surface area (Å²) in [4.78, 5) is 24.3. The Morgan fingerprint density at radius 1 is 1.42 bits per heavy atom. The Hall–Kier alpha value is -2.30. The molecule has 2 rings (SSSR count). The molecule has 0 aliphatic carbocycles. The summed E-state index contributed by atoms with van der Waals surface area (Å²) < 4.78 is 0. The van der Waals surface area contributed by atoms with Gasteiger partial charge in [0.25, 0.3) is 0 Å². The van der Waals surface area contributed by atoms with Gasteiger partial charge in [0.1, 0.15) is 0 Å². The summed E-state index contributed by atoms with van der Waals surface area (Å²) in [6.45, 7) is 0. The number of hydrogen-bond acceptors (Lipinski definition) is 2. The number of nitrogens with one attached hydrogen (secondary N) is 2. The molecule has 5 heteroatoms. The monoisotopic (exact) mass is 260 g/mol. The first-order valence-electron chi connectivity index (χ1n) is 6.17. The third kappa shape index (κ3) is 3.34. The Morgan fingerprint density at radius 3 is 3.00 bits per heavy atom. The van der Waals surface area contributed by atoms with Crippen LogP contribution in [0.5, 0.6) is 0 Å². The summed E-state index contributed by atoms with van der Waals surface area (Å²) in [6.07, 6.45) is 3.60. The lowest BCUT2D eigenvalue weighted by Gasteiger charge is -2.15. The molecule has 3 N–H and O–H groups in total. The summed E-state index contributed by atoms with van der Waals surface area (Å²) in [5.74, 6) is -0.849. The zero-order valence-corrected chi connectivity index (χ0v) is 10.4. The second-order valence-electron chi connectivity index (χ2n) is 4.47. The number of carbonyl (C=O) groups is 2. The van der Waals surface area contributed by atoms with Crippen molar-refractivity contribution in [2.24, 2.45) is 0 Å². The van der Waals surface area contributed by atoms with Crippen molar-refractivity contribution in [2.75, 3.05) is 0 Å².